The Morgan fingerprint density at radius 1 is 1.10 bits per heavy atom. The molecule has 0 saturated carbocycles. The van der Waals surface area contributed by atoms with Crippen LogP contribution in [0.5, 0.6) is 0 Å². The summed E-state index contributed by atoms with van der Waals surface area (Å²) in [6.07, 6.45) is 0.816. The van der Waals surface area contributed by atoms with E-state index in [9.17, 15) is 4.39 Å². The lowest BCUT2D eigenvalue weighted by molar-refractivity contribution is 0.628. The largest absolute Gasteiger partial charge is 0.332 e. The number of aromatic nitrogens is 2. The molecule has 9 heteroatoms. The lowest BCUT2D eigenvalue weighted by Gasteiger charge is -2.14. The molecular weight excluding hydrogens is 407 g/mol. The number of anilines is 2. The predicted molar refractivity (Wildman–Crippen MR) is 121 cm³/mol. The molecule has 2 aromatic heterocycles. The number of rotatable bonds is 5. The van der Waals surface area contributed by atoms with Gasteiger partial charge in [0.15, 0.2) is 5.11 Å². The van der Waals surface area contributed by atoms with Gasteiger partial charge in [0.1, 0.15) is 5.82 Å². The molecule has 0 aliphatic carbocycles. The fourth-order valence-corrected chi connectivity index (χ4v) is 3.45. The number of aryl methyl sites for hydroxylation is 2. The van der Waals surface area contributed by atoms with E-state index >= 15 is 0 Å². The van der Waals surface area contributed by atoms with Gasteiger partial charge in [-0.3, -0.25) is 10.3 Å². The third-order valence-electron chi connectivity index (χ3n) is 3.75. The standard InChI is InChI=1S/C20H21FN6S2/c1-13-12-14(2)24-19(23-13)26-18(22-10-9-17-4-3-11-29-17)27-20(28)25-16-7-5-15(21)6-8-16/h3-8,11-12H,9-10H2,1-2H3,(H3,22,23,24,25,26,27,28). The highest BCUT2D eigenvalue weighted by Crippen LogP contribution is 2.10. The van der Waals surface area contributed by atoms with E-state index in [1.807, 2.05) is 31.4 Å². The zero-order valence-electron chi connectivity index (χ0n) is 16.1. The number of guanidine groups is 1. The molecule has 0 bridgehead atoms. The molecule has 0 amide bonds. The Bertz CT molecular complexity index is 966. The fourth-order valence-electron chi connectivity index (χ4n) is 2.53. The summed E-state index contributed by atoms with van der Waals surface area (Å²) < 4.78 is 13.1. The molecule has 3 aromatic rings. The molecule has 150 valence electrons. The van der Waals surface area contributed by atoms with Gasteiger partial charge in [-0.2, -0.15) is 0 Å². The van der Waals surface area contributed by atoms with Crippen LogP contribution in [-0.2, 0) is 6.42 Å². The van der Waals surface area contributed by atoms with Crippen LogP contribution in [0.3, 0.4) is 0 Å². The summed E-state index contributed by atoms with van der Waals surface area (Å²) in [5, 5.41) is 11.5. The molecule has 0 radical (unpaired) electrons. The molecule has 0 atom stereocenters. The van der Waals surface area contributed by atoms with Crippen molar-refractivity contribution in [2.75, 3.05) is 17.2 Å². The van der Waals surface area contributed by atoms with Crippen molar-refractivity contribution in [1.82, 2.24) is 15.3 Å². The smallest absolute Gasteiger partial charge is 0.229 e. The summed E-state index contributed by atoms with van der Waals surface area (Å²) in [4.78, 5) is 14.6. The monoisotopic (exact) mass is 428 g/mol. The number of benzene rings is 1. The van der Waals surface area contributed by atoms with Gasteiger partial charge in [-0.1, -0.05) is 6.07 Å². The average Bonchev–Trinajstić information content (AvgIpc) is 3.16. The molecule has 1 aromatic carbocycles. The van der Waals surface area contributed by atoms with Crippen molar-refractivity contribution in [2.24, 2.45) is 4.99 Å². The van der Waals surface area contributed by atoms with E-state index in [1.165, 1.54) is 17.0 Å². The van der Waals surface area contributed by atoms with Gasteiger partial charge < -0.3 is 10.6 Å². The van der Waals surface area contributed by atoms with Gasteiger partial charge in [0.25, 0.3) is 0 Å². The lowest BCUT2D eigenvalue weighted by atomic mass is 10.3. The van der Waals surface area contributed by atoms with Gasteiger partial charge in [0, 0.05) is 34.9 Å². The van der Waals surface area contributed by atoms with Crippen molar-refractivity contribution in [3.05, 3.63) is 69.9 Å². The second kappa shape index (κ2) is 10.0. The maximum absolute atomic E-state index is 13.1. The molecule has 0 aliphatic heterocycles. The Hall–Kier alpha value is -2.91. The Morgan fingerprint density at radius 3 is 2.48 bits per heavy atom. The van der Waals surface area contributed by atoms with Gasteiger partial charge in [0.2, 0.25) is 11.9 Å². The first-order valence-electron chi connectivity index (χ1n) is 8.97. The van der Waals surface area contributed by atoms with Crippen LogP contribution in [0.15, 0.2) is 52.8 Å². The molecule has 3 N–H and O–H groups in total. The number of thiocarbonyl (C=S) groups is 1. The summed E-state index contributed by atoms with van der Waals surface area (Å²) in [7, 11) is 0. The van der Waals surface area contributed by atoms with Gasteiger partial charge in [0.05, 0.1) is 0 Å². The summed E-state index contributed by atoms with van der Waals surface area (Å²) >= 11 is 7.06. The molecule has 0 spiro atoms. The minimum Gasteiger partial charge on any atom is -0.332 e. The van der Waals surface area contributed by atoms with Gasteiger partial charge in [-0.15, -0.1) is 11.3 Å². The molecule has 6 nitrogen and oxygen atoms in total. The topological polar surface area (TPSA) is 74.2 Å². The number of hydrogen-bond donors (Lipinski definition) is 3. The van der Waals surface area contributed by atoms with Crippen LogP contribution in [0.25, 0.3) is 0 Å². The van der Waals surface area contributed by atoms with Crippen molar-refractivity contribution in [3.8, 4) is 0 Å². The van der Waals surface area contributed by atoms with Crippen LogP contribution >= 0.6 is 23.6 Å². The Labute approximate surface area is 178 Å². The molecule has 0 saturated heterocycles. The summed E-state index contributed by atoms with van der Waals surface area (Å²) in [6, 6.07) is 11.9. The Kier molecular flexibility index (Phi) is 7.20. The first kappa shape index (κ1) is 20.8. The molecule has 0 unspecified atom stereocenters. The zero-order valence-corrected chi connectivity index (χ0v) is 17.7. The third-order valence-corrected chi connectivity index (χ3v) is 4.90. The number of halogens is 1. The van der Waals surface area contributed by atoms with Gasteiger partial charge in [-0.25, -0.2) is 14.4 Å². The van der Waals surface area contributed by atoms with E-state index in [1.54, 1.807) is 23.5 Å². The zero-order chi connectivity index (χ0) is 20.6. The maximum atomic E-state index is 13.1. The fraction of sp³-hybridized carbons (Fsp3) is 0.200. The van der Waals surface area contributed by atoms with Crippen LogP contribution in [0.1, 0.15) is 16.3 Å². The average molecular weight is 429 g/mol. The SMILES string of the molecule is Cc1cc(C)nc(NC(=NCCc2cccs2)NC(=S)Nc2ccc(F)cc2)n1. The first-order chi connectivity index (χ1) is 14.0. The Morgan fingerprint density at radius 2 is 1.83 bits per heavy atom. The number of nitrogens with one attached hydrogen (secondary N) is 3. The molecule has 0 aliphatic rings. The second-order valence-corrected chi connectivity index (χ2v) is 7.69. The van der Waals surface area contributed by atoms with Crippen LogP contribution in [0.4, 0.5) is 16.0 Å². The summed E-state index contributed by atoms with van der Waals surface area (Å²) in [5.74, 6) is 0.569. The highest BCUT2D eigenvalue weighted by molar-refractivity contribution is 7.80. The molecule has 3 rings (SSSR count). The summed E-state index contributed by atoms with van der Waals surface area (Å²) in [6.45, 7) is 4.38. The van der Waals surface area contributed by atoms with Crippen LogP contribution in [-0.4, -0.2) is 27.6 Å². The van der Waals surface area contributed by atoms with Crippen molar-refractivity contribution in [2.45, 2.75) is 20.3 Å². The van der Waals surface area contributed by atoms with Crippen LogP contribution < -0.4 is 16.0 Å². The normalized spacial score (nSPS) is 11.2. The minimum absolute atomic E-state index is 0.307. The van der Waals surface area contributed by atoms with Crippen molar-refractivity contribution in [1.29, 1.82) is 0 Å². The maximum Gasteiger partial charge on any atom is 0.229 e. The van der Waals surface area contributed by atoms with E-state index in [-0.39, 0.29) is 5.82 Å². The third kappa shape index (κ3) is 6.88. The van der Waals surface area contributed by atoms with E-state index in [0.29, 0.717) is 29.3 Å². The molecular formula is C20H21FN6S2. The quantitative estimate of drug-likeness (QED) is 0.320. The van der Waals surface area contributed by atoms with E-state index in [2.05, 4.69) is 37.0 Å². The highest BCUT2D eigenvalue weighted by atomic mass is 32.1. The molecule has 2 heterocycles. The van der Waals surface area contributed by atoms with Crippen LogP contribution in [0.2, 0.25) is 0 Å². The molecule has 0 fully saturated rings. The first-order valence-corrected chi connectivity index (χ1v) is 10.3. The highest BCUT2D eigenvalue weighted by Gasteiger charge is 2.07. The van der Waals surface area contributed by atoms with E-state index < -0.39 is 0 Å². The van der Waals surface area contributed by atoms with Gasteiger partial charge >= 0.3 is 0 Å². The van der Waals surface area contributed by atoms with E-state index in [4.69, 9.17) is 12.2 Å². The van der Waals surface area contributed by atoms with Crippen LogP contribution in [0, 0.1) is 19.7 Å². The minimum atomic E-state index is -0.307. The number of nitrogens with zero attached hydrogens (tertiary/aromatic N) is 3. The van der Waals surface area contributed by atoms with Gasteiger partial charge in [-0.05, 0) is 67.8 Å². The van der Waals surface area contributed by atoms with Crippen molar-refractivity contribution < 1.29 is 4.39 Å². The predicted octanol–water partition coefficient (Wildman–Crippen LogP) is 4.29. The molecule has 29 heavy (non-hydrogen) atoms. The van der Waals surface area contributed by atoms with E-state index in [0.717, 1.165) is 17.8 Å². The summed E-state index contributed by atoms with van der Waals surface area (Å²) in [5.41, 5.74) is 2.37. The Balaban J connectivity index is 1.69. The van der Waals surface area contributed by atoms with Crippen molar-refractivity contribution in [3.63, 3.8) is 0 Å². The number of aliphatic imine (C=N–C) groups is 1. The lowest BCUT2D eigenvalue weighted by Crippen LogP contribution is -2.39. The second-order valence-electron chi connectivity index (χ2n) is 6.25. The number of hydrogen-bond acceptors (Lipinski definition) is 5. The van der Waals surface area contributed by atoms with Crippen molar-refractivity contribution >= 4 is 46.3 Å². The number of thiophene rings is 1.